The van der Waals surface area contributed by atoms with Gasteiger partial charge in [0.25, 0.3) is 0 Å². The van der Waals surface area contributed by atoms with Gasteiger partial charge in [0.1, 0.15) is 0 Å². The predicted octanol–water partition coefficient (Wildman–Crippen LogP) is 2.81. The van der Waals surface area contributed by atoms with Crippen molar-refractivity contribution in [3.8, 4) is 0 Å². The molecule has 0 aliphatic rings. The van der Waals surface area contributed by atoms with Crippen LogP contribution < -0.4 is 5.32 Å². The number of hydrogen-bond donors (Lipinski definition) is 3. The Labute approximate surface area is 117 Å². The average molecular weight is 291 g/mol. The summed E-state index contributed by atoms with van der Waals surface area (Å²) in [6, 6.07) is -0.279. The van der Waals surface area contributed by atoms with E-state index in [0.29, 0.717) is 12.8 Å². The maximum atomic E-state index is 10.7. The SMILES string of the molecule is C[C@H](NC(=O)O)C(CCCO)O[Si](C)(C)C(C)(C)C. The van der Waals surface area contributed by atoms with Crippen LogP contribution in [0.25, 0.3) is 0 Å². The monoisotopic (exact) mass is 291 g/mol. The number of nitrogens with one attached hydrogen (secondary N) is 1. The zero-order chi connectivity index (χ0) is 15.3. The van der Waals surface area contributed by atoms with Crippen molar-refractivity contribution in [3.05, 3.63) is 0 Å². The quantitative estimate of drug-likeness (QED) is 0.630. The summed E-state index contributed by atoms with van der Waals surface area (Å²) in [5.74, 6) is 0. The van der Waals surface area contributed by atoms with Gasteiger partial charge in [0.15, 0.2) is 8.32 Å². The molecule has 0 rings (SSSR count). The van der Waals surface area contributed by atoms with E-state index in [-0.39, 0.29) is 23.8 Å². The zero-order valence-electron chi connectivity index (χ0n) is 13.0. The molecule has 0 aliphatic carbocycles. The lowest BCUT2D eigenvalue weighted by atomic mass is 10.1. The van der Waals surface area contributed by atoms with Crippen molar-refractivity contribution in [2.45, 2.75) is 70.8 Å². The summed E-state index contributed by atoms with van der Waals surface area (Å²) < 4.78 is 6.27. The van der Waals surface area contributed by atoms with E-state index in [9.17, 15) is 4.79 Å². The smallest absolute Gasteiger partial charge is 0.404 e. The summed E-state index contributed by atoms with van der Waals surface area (Å²) in [5, 5.41) is 20.3. The van der Waals surface area contributed by atoms with Gasteiger partial charge >= 0.3 is 6.09 Å². The van der Waals surface area contributed by atoms with Crippen LogP contribution >= 0.6 is 0 Å². The van der Waals surface area contributed by atoms with Crippen LogP contribution in [0.5, 0.6) is 0 Å². The van der Waals surface area contributed by atoms with Gasteiger partial charge in [-0.1, -0.05) is 20.8 Å². The predicted molar refractivity (Wildman–Crippen MR) is 79.0 cm³/mol. The molecule has 0 bridgehead atoms. The Balaban J connectivity index is 4.80. The summed E-state index contributed by atoms with van der Waals surface area (Å²) in [6.07, 6.45) is 0.0412. The van der Waals surface area contributed by atoms with Gasteiger partial charge in [-0.2, -0.15) is 0 Å². The molecule has 0 aromatic heterocycles. The maximum Gasteiger partial charge on any atom is 0.404 e. The first-order valence-corrected chi connectivity index (χ1v) is 9.70. The van der Waals surface area contributed by atoms with Crippen molar-refractivity contribution in [1.29, 1.82) is 0 Å². The topological polar surface area (TPSA) is 78.8 Å². The third-order valence-electron chi connectivity index (χ3n) is 3.81. The molecule has 0 saturated carbocycles. The molecule has 3 N–H and O–H groups in total. The highest BCUT2D eigenvalue weighted by Gasteiger charge is 2.40. The van der Waals surface area contributed by atoms with Crippen LogP contribution in [0.15, 0.2) is 0 Å². The molecule has 0 aliphatic heterocycles. The summed E-state index contributed by atoms with van der Waals surface area (Å²) >= 11 is 0. The third kappa shape index (κ3) is 6.40. The van der Waals surface area contributed by atoms with Gasteiger partial charge in [-0.3, -0.25) is 0 Å². The van der Waals surface area contributed by atoms with E-state index in [1.165, 1.54) is 0 Å². The molecular weight excluding hydrogens is 262 g/mol. The van der Waals surface area contributed by atoms with E-state index in [1.54, 1.807) is 0 Å². The molecule has 0 fully saturated rings. The van der Waals surface area contributed by atoms with Crippen molar-refractivity contribution >= 4 is 14.4 Å². The molecule has 19 heavy (non-hydrogen) atoms. The van der Waals surface area contributed by atoms with Crippen LogP contribution in [0.2, 0.25) is 18.1 Å². The molecule has 5 nitrogen and oxygen atoms in total. The summed E-state index contributed by atoms with van der Waals surface area (Å²) in [6.45, 7) is 12.6. The van der Waals surface area contributed by atoms with Crippen molar-refractivity contribution in [3.63, 3.8) is 0 Å². The van der Waals surface area contributed by atoms with Crippen molar-refractivity contribution in [1.82, 2.24) is 5.32 Å². The van der Waals surface area contributed by atoms with E-state index in [0.717, 1.165) is 0 Å². The first-order chi connectivity index (χ1) is 8.51. The van der Waals surface area contributed by atoms with Gasteiger partial charge in [-0.25, -0.2) is 4.79 Å². The standard InChI is InChI=1S/C13H29NO4Si/c1-10(14-12(16)17)11(8-7-9-15)18-19(5,6)13(2,3)4/h10-11,14-15H,7-9H2,1-6H3,(H,16,17)/t10-,11?/m0/s1. The van der Waals surface area contributed by atoms with Crippen molar-refractivity contribution < 1.29 is 19.4 Å². The maximum absolute atomic E-state index is 10.7. The molecule has 0 saturated heterocycles. The van der Waals surface area contributed by atoms with Crippen LogP contribution in [0.4, 0.5) is 4.79 Å². The Kier molecular flexibility index (Phi) is 7.03. The average Bonchev–Trinajstić information content (AvgIpc) is 2.21. The molecule has 0 heterocycles. The van der Waals surface area contributed by atoms with Crippen LogP contribution in [-0.4, -0.2) is 43.4 Å². The van der Waals surface area contributed by atoms with Crippen molar-refractivity contribution in [2.24, 2.45) is 0 Å². The van der Waals surface area contributed by atoms with Gasteiger partial charge in [0.2, 0.25) is 0 Å². The molecule has 6 heteroatoms. The molecule has 2 atom stereocenters. The normalized spacial score (nSPS) is 15.9. The number of carbonyl (C=O) groups is 1. The van der Waals surface area contributed by atoms with Crippen LogP contribution in [0.3, 0.4) is 0 Å². The van der Waals surface area contributed by atoms with E-state index in [1.807, 2.05) is 6.92 Å². The Hall–Kier alpha value is -0.593. The van der Waals surface area contributed by atoms with Crippen molar-refractivity contribution in [2.75, 3.05) is 6.61 Å². The summed E-state index contributed by atoms with van der Waals surface area (Å²) in [4.78, 5) is 10.7. The number of hydrogen-bond acceptors (Lipinski definition) is 3. The second-order valence-electron chi connectivity index (χ2n) is 6.52. The molecule has 1 amide bonds. The highest BCUT2D eigenvalue weighted by Crippen LogP contribution is 2.38. The fourth-order valence-electron chi connectivity index (χ4n) is 1.55. The highest BCUT2D eigenvalue weighted by atomic mass is 28.4. The van der Waals surface area contributed by atoms with Gasteiger partial charge in [0.05, 0.1) is 12.1 Å². The fourth-order valence-corrected chi connectivity index (χ4v) is 2.98. The Bertz CT molecular complexity index is 289. The molecule has 0 aromatic carbocycles. The lowest BCUT2D eigenvalue weighted by Crippen LogP contribution is -2.50. The third-order valence-corrected chi connectivity index (χ3v) is 8.31. The minimum atomic E-state index is -1.95. The van der Waals surface area contributed by atoms with E-state index < -0.39 is 14.4 Å². The highest BCUT2D eigenvalue weighted by molar-refractivity contribution is 6.74. The zero-order valence-corrected chi connectivity index (χ0v) is 14.0. The van der Waals surface area contributed by atoms with E-state index in [2.05, 4.69) is 39.2 Å². The Morgan fingerprint density at radius 3 is 2.26 bits per heavy atom. The Morgan fingerprint density at radius 2 is 1.89 bits per heavy atom. The number of amides is 1. The largest absolute Gasteiger partial charge is 0.465 e. The molecule has 0 spiro atoms. The van der Waals surface area contributed by atoms with Crippen LogP contribution in [0, 0.1) is 0 Å². The number of rotatable bonds is 7. The summed E-state index contributed by atoms with van der Waals surface area (Å²) in [7, 11) is -1.95. The van der Waals surface area contributed by atoms with Gasteiger partial charge < -0.3 is 20.0 Å². The number of aliphatic hydroxyl groups excluding tert-OH is 1. The second-order valence-corrected chi connectivity index (χ2v) is 11.3. The molecule has 0 radical (unpaired) electrons. The van der Waals surface area contributed by atoms with Gasteiger partial charge in [-0.05, 0) is 37.9 Å². The lowest BCUT2D eigenvalue weighted by molar-refractivity contribution is 0.117. The number of aliphatic hydroxyl groups is 1. The minimum absolute atomic E-state index is 0.0768. The number of carboxylic acid groups (broad SMARTS) is 1. The molecule has 1 unspecified atom stereocenters. The molecule has 0 aromatic rings. The van der Waals surface area contributed by atoms with Gasteiger partial charge in [-0.15, -0.1) is 0 Å². The second kappa shape index (κ2) is 7.26. The van der Waals surface area contributed by atoms with E-state index >= 15 is 0 Å². The molecule has 114 valence electrons. The van der Waals surface area contributed by atoms with E-state index in [4.69, 9.17) is 14.6 Å². The first-order valence-electron chi connectivity index (χ1n) is 6.79. The van der Waals surface area contributed by atoms with Gasteiger partial charge in [0, 0.05) is 6.61 Å². The lowest BCUT2D eigenvalue weighted by Gasteiger charge is -2.41. The minimum Gasteiger partial charge on any atom is -0.465 e. The first kappa shape index (κ1) is 18.4. The molecular formula is C13H29NO4Si. The van der Waals surface area contributed by atoms with Crippen LogP contribution in [-0.2, 0) is 4.43 Å². The van der Waals surface area contributed by atoms with Crippen LogP contribution in [0.1, 0.15) is 40.5 Å². The summed E-state index contributed by atoms with van der Waals surface area (Å²) in [5.41, 5.74) is 0. The Morgan fingerprint density at radius 1 is 1.37 bits per heavy atom. The fraction of sp³-hybridized carbons (Fsp3) is 0.923.